The maximum absolute atomic E-state index is 15.3. The Kier molecular flexibility index (Phi) is 9.38. The van der Waals surface area contributed by atoms with Gasteiger partial charge in [-0.1, -0.05) is 105 Å². The first-order chi connectivity index (χ1) is 22.5. The van der Waals surface area contributed by atoms with Crippen LogP contribution < -0.4 is 26.0 Å². The normalized spacial score (nSPS) is 20.4. The van der Waals surface area contributed by atoms with Crippen molar-refractivity contribution in [3.8, 4) is 5.88 Å². The number of fused-ring (bicyclic) bond motifs is 3. The Balaban J connectivity index is 1.49. The van der Waals surface area contributed by atoms with E-state index < -0.39 is 49.1 Å². The number of aromatic nitrogens is 3. The highest BCUT2D eigenvalue weighted by atomic mass is 35.5. The number of pyridine rings is 1. The predicted molar refractivity (Wildman–Crippen MR) is 183 cm³/mol. The molecule has 2 aliphatic rings. The number of amides is 1. The first kappa shape index (κ1) is 33.4. The molecule has 10 nitrogen and oxygen atoms in total. The van der Waals surface area contributed by atoms with Crippen LogP contribution in [0.4, 0.5) is 9.18 Å². The second kappa shape index (κ2) is 13.2. The number of hydrogen-bond acceptors (Lipinski definition) is 8. The summed E-state index contributed by atoms with van der Waals surface area (Å²) in [7, 11) is -3.08. The largest absolute Gasteiger partial charge is 0.470 e. The maximum Gasteiger partial charge on any atom is 0.407 e. The van der Waals surface area contributed by atoms with Crippen LogP contribution in [0.25, 0.3) is 10.9 Å². The number of rotatable bonds is 9. The Hall–Kier alpha value is -3.49. The van der Waals surface area contributed by atoms with Crippen LogP contribution in [0.2, 0.25) is 10.2 Å². The van der Waals surface area contributed by atoms with Crippen molar-refractivity contribution in [2.75, 3.05) is 19.4 Å². The summed E-state index contributed by atoms with van der Waals surface area (Å²) >= 11 is 7.41. The van der Waals surface area contributed by atoms with Gasteiger partial charge in [0.15, 0.2) is 16.1 Å². The third-order valence-electron chi connectivity index (χ3n) is 9.21. The number of nitrogens with one attached hydrogen (secondary N) is 2. The molecule has 0 spiro atoms. The third kappa shape index (κ3) is 6.03. The van der Waals surface area contributed by atoms with Gasteiger partial charge in [-0.2, -0.15) is 4.98 Å². The standard InChI is InChI=1S/C33H37ClFN5O5SSi/c1-33(2,3)47(20-11-7-5-8-12-20,21-13-9-6-10-14-21)44-18-23(26-22-16-15-19(17-36-26)40(22)32(42)43)45-30-24-27(25(35)28(34)38-30)37-31(46-4)39-29(24)41/h5-14,19,22-23,26,36H,15-18H2,1-4H3,(H,42,43)(H,37,39,41)/t19-,22+,23?,26+/m1/s1. The van der Waals surface area contributed by atoms with Crippen LogP contribution in [-0.2, 0) is 4.43 Å². The highest BCUT2D eigenvalue weighted by Gasteiger charge is 2.53. The number of piperazine rings is 1. The van der Waals surface area contributed by atoms with Gasteiger partial charge in [0.05, 0.1) is 18.7 Å². The number of aromatic amines is 1. The first-order valence-corrected chi connectivity index (χ1v) is 19.0. The fourth-order valence-corrected chi connectivity index (χ4v) is 12.3. The van der Waals surface area contributed by atoms with Gasteiger partial charge in [0.1, 0.15) is 17.0 Å². The molecule has 2 aromatic carbocycles. The molecule has 4 atom stereocenters. The molecule has 0 radical (unpaired) electrons. The van der Waals surface area contributed by atoms with E-state index in [1.807, 2.05) is 36.4 Å². The molecule has 1 unspecified atom stereocenters. The van der Waals surface area contributed by atoms with Crippen molar-refractivity contribution in [2.24, 2.45) is 0 Å². The minimum atomic E-state index is -3.08. The van der Waals surface area contributed by atoms with E-state index in [0.29, 0.717) is 19.4 Å². The van der Waals surface area contributed by atoms with Crippen molar-refractivity contribution in [1.29, 1.82) is 0 Å². The molecule has 2 aromatic heterocycles. The third-order valence-corrected chi connectivity index (χ3v) is 15.0. The van der Waals surface area contributed by atoms with Gasteiger partial charge < -0.3 is 24.6 Å². The number of benzene rings is 2. The summed E-state index contributed by atoms with van der Waals surface area (Å²) in [6, 6.07) is 19.1. The number of carboxylic acid groups (broad SMARTS) is 1. The summed E-state index contributed by atoms with van der Waals surface area (Å²) in [5, 5.41) is 15.0. The number of halogens is 2. The van der Waals surface area contributed by atoms with Crippen molar-refractivity contribution in [3.63, 3.8) is 0 Å². The Labute approximate surface area is 282 Å². The number of carbonyl (C=O) groups is 1. The molecule has 0 saturated carbocycles. The molecule has 4 heterocycles. The van der Waals surface area contributed by atoms with Crippen molar-refractivity contribution < 1.29 is 23.5 Å². The van der Waals surface area contributed by atoms with E-state index >= 15 is 4.39 Å². The van der Waals surface area contributed by atoms with Crippen LogP contribution in [0.1, 0.15) is 33.6 Å². The molecule has 2 saturated heterocycles. The molecule has 1 amide bonds. The molecule has 3 N–H and O–H groups in total. The highest BCUT2D eigenvalue weighted by Crippen LogP contribution is 2.38. The minimum Gasteiger partial charge on any atom is -0.470 e. The molecular weight excluding hydrogens is 661 g/mol. The second-order valence-electron chi connectivity index (χ2n) is 12.9. The lowest BCUT2D eigenvalue weighted by atomic mass is 9.99. The van der Waals surface area contributed by atoms with E-state index in [1.165, 1.54) is 4.90 Å². The lowest BCUT2D eigenvalue weighted by Crippen LogP contribution is -2.69. The molecule has 248 valence electrons. The van der Waals surface area contributed by atoms with Gasteiger partial charge in [0.2, 0.25) is 5.88 Å². The summed E-state index contributed by atoms with van der Waals surface area (Å²) in [5.41, 5.74) is -0.891. The molecule has 47 heavy (non-hydrogen) atoms. The zero-order valence-electron chi connectivity index (χ0n) is 26.5. The second-order valence-corrected chi connectivity index (χ2v) is 18.3. The van der Waals surface area contributed by atoms with Gasteiger partial charge in [0.25, 0.3) is 13.9 Å². The summed E-state index contributed by atoms with van der Waals surface area (Å²) in [4.78, 5) is 38.3. The van der Waals surface area contributed by atoms with Crippen molar-refractivity contribution in [1.82, 2.24) is 25.2 Å². The van der Waals surface area contributed by atoms with Gasteiger partial charge in [0, 0.05) is 12.6 Å². The van der Waals surface area contributed by atoms with Gasteiger partial charge in [-0.25, -0.2) is 14.2 Å². The molecule has 0 aliphatic carbocycles. The summed E-state index contributed by atoms with van der Waals surface area (Å²) < 4.78 is 29.1. The smallest absolute Gasteiger partial charge is 0.407 e. The Morgan fingerprint density at radius 3 is 2.34 bits per heavy atom. The number of H-pyrrole nitrogens is 1. The monoisotopic (exact) mass is 697 g/mol. The average molecular weight is 698 g/mol. The summed E-state index contributed by atoms with van der Waals surface area (Å²) in [5.74, 6) is -1.13. The van der Waals surface area contributed by atoms with E-state index in [1.54, 1.807) is 6.26 Å². The lowest BCUT2D eigenvalue weighted by Gasteiger charge is -2.46. The van der Waals surface area contributed by atoms with Crippen LogP contribution >= 0.6 is 23.4 Å². The maximum atomic E-state index is 15.3. The zero-order valence-corrected chi connectivity index (χ0v) is 29.1. The Morgan fingerprint density at radius 1 is 1.13 bits per heavy atom. The molecule has 2 fully saturated rings. The fourth-order valence-electron chi connectivity index (χ4n) is 7.16. The summed E-state index contributed by atoms with van der Waals surface area (Å²) in [6.45, 7) is 6.90. The van der Waals surface area contributed by atoms with E-state index in [2.05, 4.69) is 65.3 Å². The Morgan fingerprint density at radius 2 is 1.77 bits per heavy atom. The van der Waals surface area contributed by atoms with Gasteiger partial charge in [-0.15, -0.1) is 0 Å². The van der Waals surface area contributed by atoms with Gasteiger partial charge in [-0.3, -0.25) is 9.69 Å². The number of hydrogen-bond donors (Lipinski definition) is 3. The van der Waals surface area contributed by atoms with E-state index in [0.717, 1.165) is 22.1 Å². The van der Waals surface area contributed by atoms with Crippen LogP contribution in [0.15, 0.2) is 70.6 Å². The van der Waals surface area contributed by atoms with Crippen LogP contribution in [0.3, 0.4) is 0 Å². The van der Waals surface area contributed by atoms with Gasteiger partial charge in [-0.05, 0) is 34.5 Å². The van der Waals surface area contributed by atoms with E-state index in [-0.39, 0.29) is 39.6 Å². The SMILES string of the molecule is CSc1nc2c(F)c(Cl)nc(OC(CO[Si](c3ccccc3)(c3ccccc3)C(C)(C)C)[C@H]3NC[C@H]4CC[C@@H]3N4C(=O)O)c2c(=O)[nH]1. The fraction of sp³-hybridized carbons (Fsp3) is 0.394. The number of thioether (sulfide) groups is 1. The predicted octanol–water partition coefficient (Wildman–Crippen LogP) is 4.64. The number of nitrogens with zero attached hydrogens (tertiary/aromatic N) is 3. The van der Waals surface area contributed by atoms with Gasteiger partial charge >= 0.3 is 6.09 Å². The average Bonchev–Trinajstić information content (AvgIpc) is 3.36. The Bertz CT molecular complexity index is 1790. The first-order valence-electron chi connectivity index (χ1n) is 15.5. The van der Waals surface area contributed by atoms with Crippen molar-refractivity contribution in [3.05, 3.63) is 82.0 Å². The molecule has 6 rings (SSSR count). The molecular formula is C33H37ClFN5O5SSi. The zero-order chi connectivity index (χ0) is 33.5. The molecule has 4 aromatic rings. The molecule has 14 heteroatoms. The molecule has 2 aliphatic heterocycles. The molecule has 2 bridgehead atoms. The van der Waals surface area contributed by atoms with Crippen molar-refractivity contribution >= 4 is 59.0 Å². The lowest BCUT2D eigenvalue weighted by molar-refractivity contribution is 0.0263. The van der Waals surface area contributed by atoms with Crippen molar-refractivity contribution in [2.45, 2.75) is 68.0 Å². The van der Waals surface area contributed by atoms with Crippen LogP contribution in [0, 0.1) is 5.82 Å². The minimum absolute atomic E-state index is 0.00592. The van der Waals surface area contributed by atoms with Crippen LogP contribution in [-0.4, -0.2) is 83.0 Å². The van der Waals surface area contributed by atoms with E-state index in [4.69, 9.17) is 20.8 Å². The summed E-state index contributed by atoms with van der Waals surface area (Å²) in [6.07, 6.45) is 1.16. The highest BCUT2D eigenvalue weighted by molar-refractivity contribution is 7.98. The van der Waals surface area contributed by atoms with Crippen LogP contribution in [0.5, 0.6) is 5.88 Å². The quantitative estimate of drug-likeness (QED) is 0.0992. The topological polar surface area (TPSA) is 130 Å². The number of ether oxygens (including phenoxy) is 1. The van der Waals surface area contributed by atoms with E-state index in [9.17, 15) is 14.7 Å².